The molecule has 0 atom stereocenters. The van der Waals surface area contributed by atoms with Crippen LogP contribution in [0.4, 0.5) is 5.69 Å². The van der Waals surface area contributed by atoms with Crippen LogP contribution in [-0.2, 0) is 6.54 Å². The van der Waals surface area contributed by atoms with E-state index in [0.717, 1.165) is 28.7 Å². The van der Waals surface area contributed by atoms with Gasteiger partial charge in [-0.2, -0.15) is 0 Å². The van der Waals surface area contributed by atoms with E-state index in [1.54, 1.807) is 0 Å². The second kappa shape index (κ2) is 6.06. The maximum atomic E-state index is 12.3. The Morgan fingerprint density at radius 1 is 1.37 bits per heavy atom. The largest absolute Gasteiger partial charge is 0.344 e. The van der Waals surface area contributed by atoms with Crippen molar-refractivity contribution in [1.29, 1.82) is 0 Å². The van der Waals surface area contributed by atoms with Gasteiger partial charge in [0.2, 0.25) is 0 Å². The Labute approximate surface area is 121 Å². The Balaban J connectivity index is 2.18. The van der Waals surface area contributed by atoms with Crippen LogP contribution in [0, 0.1) is 6.92 Å². The third kappa shape index (κ3) is 3.26. The number of nitrogens with one attached hydrogen (secondary N) is 1. The summed E-state index contributed by atoms with van der Waals surface area (Å²) in [6.45, 7) is 4.96. The number of carbonyl (C=O) groups excluding carboxylic acids is 1. The van der Waals surface area contributed by atoms with Crippen LogP contribution in [-0.4, -0.2) is 10.5 Å². The molecule has 1 aromatic carbocycles. The molecule has 1 N–H and O–H groups in total. The van der Waals surface area contributed by atoms with Gasteiger partial charge in [-0.25, -0.2) is 0 Å². The van der Waals surface area contributed by atoms with Crippen molar-refractivity contribution in [3.05, 3.63) is 52.3 Å². The van der Waals surface area contributed by atoms with Crippen LogP contribution in [0.1, 0.15) is 29.4 Å². The zero-order chi connectivity index (χ0) is 13.8. The topological polar surface area (TPSA) is 34.0 Å². The van der Waals surface area contributed by atoms with E-state index in [1.165, 1.54) is 0 Å². The number of aryl methyl sites for hydroxylation is 2. The summed E-state index contributed by atoms with van der Waals surface area (Å²) >= 11 is 3.47. The monoisotopic (exact) mass is 320 g/mol. The predicted octanol–water partition coefficient (Wildman–Crippen LogP) is 4.22. The van der Waals surface area contributed by atoms with E-state index < -0.39 is 0 Å². The van der Waals surface area contributed by atoms with Crippen LogP contribution in [0.2, 0.25) is 0 Å². The van der Waals surface area contributed by atoms with Crippen LogP contribution in [0.15, 0.2) is 41.0 Å². The number of rotatable bonds is 4. The highest BCUT2D eigenvalue weighted by atomic mass is 79.9. The number of hydrogen-bond donors (Lipinski definition) is 1. The SMILES string of the molecule is CCCn1cccc1C(=O)Nc1ccc(C)cc1Br. The number of aromatic nitrogens is 1. The quantitative estimate of drug-likeness (QED) is 0.899. The maximum Gasteiger partial charge on any atom is 0.272 e. The summed E-state index contributed by atoms with van der Waals surface area (Å²) in [6, 6.07) is 9.61. The Bertz CT molecular complexity index is 590. The molecule has 19 heavy (non-hydrogen) atoms. The van der Waals surface area contributed by atoms with E-state index in [2.05, 4.69) is 28.2 Å². The molecular formula is C15H17BrN2O. The van der Waals surface area contributed by atoms with Crippen molar-refractivity contribution in [1.82, 2.24) is 4.57 Å². The molecule has 2 rings (SSSR count). The molecule has 1 aromatic heterocycles. The molecule has 0 saturated carbocycles. The van der Waals surface area contributed by atoms with Crippen LogP contribution in [0.25, 0.3) is 0 Å². The van der Waals surface area contributed by atoms with E-state index in [0.29, 0.717) is 5.69 Å². The van der Waals surface area contributed by atoms with E-state index in [4.69, 9.17) is 0 Å². The standard InChI is InChI=1S/C15H17BrN2O/c1-3-8-18-9-4-5-14(18)15(19)17-13-7-6-11(2)10-12(13)16/h4-7,9-10H,3,8H2,1-2H3,(H,17,19). The minimum atomic E-state index is -0.0806. The smallest absolute Gasteiger partial charge is 0.272 e. The van der Waals surface area contributed by atoms with E-state index >= 15 is 0 Å². The number of hydrogen-bond acceptors (Lipinski definition) is 1. The van der Waals surface area contributed by atoms with Crippen molar-refractivity contribution in [2.75, 3.05) is 5.32 Å². The molecule has 1 heterocycles. The highest BCUT2D eigenvalue weighted by Crippen LogP contribution is 2.24. The van der Waals surface area contributed by atoms with Gasteiger partial charge >= 0.3 is 0 Å². The van der Waals surface area contributed by atoms with Gasteiger partial charge in [0.1, 0.15) is 5.69 Å². The first-order chi connectivity index (χ1) is 9.11. The molecule has 1 amide bonds. The van der Waals surface area contributed by atoms with Crippen LogP contribution in [0.5, 0.6) is 0 Å². The Morgan fingerprint density at radius 3 is 2.84 bits per heavy atom. The lowest BCUT2D eigenvalue weighted by molar-refractivity contribution is 0.101. The summed E-state index contributed by atoms with van der Waals surface area (Å²) in [5.74, 6) is -0.0806. The van der Waals surface area contributed by atoms with Crippen LogP contribution >= 0.6 is 15.9 Å². The van der Waals surface area contributed by atoms with Crippen molar-refractivity contribution < 1.29 is 4.79 Å². The van der Waals surface area contributed by atoms with Crippen LogP contribution < -0.4 is 5.32 Å². The maximum absolute atomic E-state index is 12.3. The number of halogens is 1. The van der Waals surface area contributed by atoms with Crippen molar-refractivity contribution in [3.63, 3.8) is 0 Å². The molecule has 0 aliphatic rings. The minimum Gasteiger partial charge on any atom is -0.344 e. The molecule has 2 aromatic rings. The Hall–Kier alpha value is -1.55. The number of nitrogens with zero attached hydrogens (tertiary/aromatic N) is 1. The highest BCUT2D eigenvalue weighted by molar-refractivity contribution is 9.10. The van der Waals surface area contributed by atoms with Crippen molar-refractivity contribution in [3.8, 4) is 0 Å². The molecule has 0 bridgehead atoms. The van der Waals surface area contributed by atoms with Crippen LogP contribution in [0.3, 0.4) is 0 Å². The molecule has 0 aliphatic heterocycles. The summed E-state index contributed by atoms with van der Waals surface area (Å²) in [7, 11) is 0. The lowest BCUT2D eigenvalue weighted by Crippen LogP contribution is -2.17. The highest BCUT2D eigenvalue weighted by Gasteiger charge is 2.11. The molecular weight excluding hydrogens is 304 g/mol. The Morgan fingerprint density at radius 2 is 2.16 bits per heavy atom. The number of carbonyl (C=O) groups is 1. The fraction of sp³-hybridized carbons (Fsp3) is 0.267. The van der Waals surface area contributed by atoms with Gasteiger partial charge in [0.15, 0.2) is 0 Å². The first-order valence-corrected chi connectivity index (χ1v) is 7.13. The summed E-state index contributed by atoms with van der Waals surface area (Å²) in [4.78, 5) is 12.3. The van der Waals surface area contributed by atoms with Crippen molar-refractivity contribution in [2.24, 2.45) is 0 Å². The fourth-order valence-electron chi connectivity index (χ4n) is 1.96. The molecule has 4 heteroatoms. The lowest BCUT2D eigenvalue weighted by Gasteiger charge is -2.10. The molecule has 0 spiro atoms. The molecule has 100 valence electrons. The van der Waals surface area contributed by atoms with Gasteiger partial charge < -0.3 is 9.88 Å². The zero-order valence-corrected chi connectivity index (χ0v) is 12.7. The summed E-state index contributed by atoms with van der Waals surface area (Å²) < 4.78 is 2.87. The van der Waals surface area contributed by atoms with Gasteiger partial charge in [-0.15, -0.1) is 0 Å². The summed E-state index contributed by atoms with van der Waals surface area (Å²) in [5.41, 5.74) is 2.63. The molecule has 0 fully saturated rings. The summed E-state index contributed by atoms with van der Waals surface area (Å²) in [5, 5.41) is 2.93. The average molecular weight is 321 g/mol. The van der Waals surface area contributed by atoms with Crippen molar-refractivity contribution in [2.45, 2.75) is 26.8 Å². The number of benzene rings is 1. The van der Waals surface area contributed by atoms with Gasteiger partial charge in [-0.05, 0) is 59.1 Å². The minimum absolute atomic E-state index is 0.0806. The second-order valence-corrected chi connectivity index (χ2v) is 5.38. The van der Waals surface area contributed by atoms with Gasteiger partial charge in [-0.1, -0.05) is 13.0 Å². The number of anilines is 1. The van der Waals surface area contributed by atoms with E-state index in [9.17, 15) is 4.79 Å². The number of amides is 1. The van der Waals surface area contributed by atoms with Gasteiger partial charge in [0, 0.05) is 17.2 Å². The van der Waals surface area contributed by atoms with Crippen molar-refractivity contribution >= 4 is 27.5 Å². The first kappa shape index (κ1) is 13.9. The molecule has 0 aliphatic carbocycles. The lowest BCUT2D eigenvalue weighted by atomic mass is 10.2. The normalized spacial score (nSPS) is 10.5. The van der Waals surface area contributed by atoms with Gasteiger partial charge in [0.25, 0.3) is 5.91 Å². The average Bonchev–Trinajstić information content (AvgIpc) is 2.81. The second-order valence-electron chi connectivity index (χ2n) is 4.52. The first-order valence-electron chi connectivity index (χ1n) is 6.34. The van der Waals surface area contributed by atoms with Gasteiger partial charge in [0.05, 0.1) is 5.69 Å². The molecule has 0 radical (unpaired) electrons. The predicted molar refractivity (Wildman–Crippen MR) is 81.6 cm³/mol. The molecule has 3 nitrogen and oxygen atoms in total. The zero-order valence-electron chi connectivity index (χ0n) is 11.1. The fourth-order valence-corrected chi connectivity index (χ4v) is 2.56. The third-order valence-corrected chi connectivity index (χ3v) is 3.56. The van der Waals surface area contributed by atoms with E-state index in [1.807, 2.05) is 48.0 Å². The van der Waals surface area contributed by atoms with Gasteiger partial charge in [-0.3, -0.25) is 4.79 Å². The summed E-state index contributed by atoms with van der Waals surface area (Å²) in [6.07, 6.45) is 2.94. The van der Waals surface area contributed by atoms with E-state index in [-0.39, 0.29) is 5.91 Å². The Kier molecular flexibility index (Phi) is 4.43. The molecule has 0 unspecified atom stereocenters. The molecule has 0 saturated heterocycles. The third-order valence-electron chi connectivity index (χ3n) is 2.90.